The number of methoxy groups -OCH3 is 1. The van der Waals surface area contributed by atoms with E-state index in [0.717, 1.165) is 49.7 Å². The zero-order chi connectivity index (χ0) is 20.2. The topological polar surface area (TPSA) is 75.2 Å². The molecule has 1 aliphatic heterocycles. The smallest absolute Gasteiger partial charge is 0.222 e. The van der Waals surface area contributed by atoms with Crippen molar-refractivity contribution >= 4 is 11.9 Å². The summed E-state index contributed by atoms with van der Waals surface area (Å²) >= 11 is 0. The van der Waals surface area contributed by atoms with Crippen molar-refractivity contribution < 1.29 is 14.3 Å². The van der Waals surface area contributed by atoms with Crippen LogP contribution in [0.4, 0.5) is 0 Å². The molecular formula is C21H34N4O3. The monoisotopic (exact) mass is 390 g/mol. The minimum Gasteiger partial charge on any atom is -0.493 e. The molecule has 0 radical (unpaired) electrons. The van der Waals surface area contributed by atoms with E-state index < -0.39 is 0 Å². The Hall–Kier alpha value is -2.28. The second-order valence-corrected chi connectivity index (χ2v) is 6.86. The number of aliphatic imine (C=N–C) groups is 1. The lowest BCUT2D eigenvalue weighted by atomic mass is 10.2. The molecule has 2 rings (SSSR count). The average molecular weight is 391 g/mol. The van der Waals surface area contributed by atoms with E-state index in [-0.39, 0.29) is 11.9 Å². The van der Waals surface area contributed by atoms with E-state index in [1.54, 1.807) is 7.11 Å². The third-order valence-corrected chi connectivity index (χ3v) is 4.61. The molecule has 0 aliphatic carbocycles. The fourth-order valence-corrected chi connectivity index (χ4v) is 3.14. The molecule has 1 unspecified atom stereocenters. The molecule has 0 spiro atoms. The minimum absolute atomic E-state index is 0.216. The van der Waals surface area contributed by atoms with Gasteiger partial charge < -0.3 is 25.0 Å². The summed E-state index contributed by atoms with van der Waals surface area (Å²) in [5, 5.41) is 6.75. The number of nitrogens with one attached hydrogen (secondary N) is 2. The third kappa shape index (κ3) is 7.38. The Kier molecular flexibility index (Phi) is 9.62. The van der Waals surface area contributed by atoms with E-state index in [1.807, 2.05) is 43.0 Å². The van der Waals surface area contributed by atoms with Crippen molar-refractivity contribution in [1.82, 2.24) is 15.5 Å². The predicted octanol–water partition coefficient (Wildman–Crippen LogP) is 2.17. The molecule has 7 nitrogen and oxygen atoms in total. The number of rotatable bonds is 10. The van der Waals surface area contributed by atoms with Crippen LogP contribution in [0, 0.1) is 0 Å². The van der Waals surface area contributed by atoms with Crippen molar-refractivity contribution in [3.8, 4) is 5.75 Å². The lowest BCUT2D eigenvalue weighted by Crippen LogP contribution is -2.45. The number of amides is 1. The van der Waals surface area contributed by atoms with E-state index >= 15 is 0 Å². The molecule has 0 saturated carbocycles. The summed E-state index contributed by atoms with van der Waals surface area (Å²) in [6.45, 7) is 8.20. The second kappa shape index (κ2) is 12.2. The highest BCUT2D eigenvalue weighted by Crippen LogP contribution is 2.15. The highest BCUT2D eigenvalue weighted by Gasteiger charge is 2.25. The van der Waals surface area contributed by atoms with Crippen molar-refractivity contribution in [2.75, 3.05) is 40.0 Å². The predicted molar refractivity (Wildman–Crippen MR) is 112 cm³/mol. The van der Waals surface area contributed by atoms with Crippen LogP contribution in [-0.4, -0.2) is 62.8 Å². The normalized spacial score (nSPS) is 16.9. The Morgan fingerprint density at radius 2 is 2.18 bits per heavy atom. The summed E-state index contributed by atoms with van der Waals surface area (Å²) in [7, 11) is 1.69. The van der Waals surface area contributed by atoms with E-state index in [4.69, 9.17) is 14.5 Å². The van der Waals surface area contributed by atoms with Crippen molar-refractivity contribution in [3.63, 3.8) is 0 Å². The molecule has 1 saturated heterocycles. The molecule has 156 valence electrons. The molecule has 1 aromatic rings. The Bertz CT molecular complexity index is 636. The molecule has 0 aromatic heterocycles. The van der Waals surface area contributed by atoms with E-state index in [9.17, 15) is 4.79 Å². The van der Waals surface area contributed by atoms with Crippen molar-refractivity contribution in [2.24, 2.45) is 4.99 Å². The van der Waals surface area contributed by atoms with Gasteiger partial charge in [-0.05, 0) is 31.0 Å². The first-order valence-electron chi connectivity index (χ1n) is 10.2. The summed E-state index contributed by atoms with van der Waals surface area (Å²) in [6, 6.07) is 8.26. The van der Waals surface area contributed by atoms with Gasteiger partial charge in [0.25, 0.3) is 0 Å². The molecule has 7 heteroatoms. The molecule has 1 fully saturated rings. The number of guanidine groups is 1. The van der Waals surface area contributed by atoms with Crippen molar-refractivity contribution in [1.29, 1.82) is 0 Å². The van der Waals surface area contributed by atoms with Crippen LogP contribution in [0.2, 0.25) is 0 Å². The minimum atomic E-state index is 0.216. The number of benzene rings is 1. The summed E-state index contributed by atoms with van der Waals surface area (Å²) in [6.07, 6.45) is 2.37. The van der Waals surface area contributed by atoms with Gasteiger partial charge >= 0.3 is 0 Å². The molecule has 28 heavy (non-hydrogen) atoms. The highest BCUT2D eigenvalue weighted by atomic mass is 16.5. The van der Waals surface area contributed by atoms with Crippen LogP contribution in [0.3, 0.4) is 0 Å². The number of hydrogen-bond donors (Lipinski definition) is 2. The first kappa shape index (κ1) is 22.0. The van der Waals surface area contributed by atoms with Gasteiger partial charge in [-0.15, -0.1) is 0 Å². The Balaban J connectivity index is 1.89. The van der Waals surface area contributed by atoms with Gasteiger partial charge in [-0.25, -0.2) is 4.99 Å². The maximum Gasteiger partial charge on any atom is 0.222 e. The van der Waals surface area contributed by atoms with E-state index in [2.05, 4.69) is 10.6 Å². The quantitative estimate of drug-likeness (QED) is 0.364. The van der Waals surface area contributed by atoms with E-state index in [1.165, 1.54) is 0 Å². The highest BCUT2D eigenvalue weighted by molar-refractivity contribution is 5.80. The zero-order valence-electron chi connectivity index (χ0n) is 17.4. The van der Waals surface area contributed by atoms with Crippen LogP contribution in [0.1, 0.15) is 38.7 Å². The van der Waals surface area contributed by atoms with Gasteiger partial charge in [-0.2, -0.15) is 0 Å². The van der Waals surface area contributed by atoms with Gasteiger partial charge in [-0.3, -0.25) is 4.79 Å². The lowest BCUT2D eigenvalue weighted by Gasteiger charge is -2.18. The molecule has 1 aromatic carbocycles. The summed E-state index contributed by atoms with van der Waals surface area (Å²) in [4.78, 5) is 18.5. The van der Waals surface area contributed by atoms with E-state index in [0.29, 0.717) is 26.2 Å². The molecule has 1 heterocycles. The molecule has 1 aliphatic rings. The second-order valence-electron chi connectivity index (χ2n) is 6.86. The molecular weight excluding hydrogens is 356 g/mol. The van der Waals surface area contributed by atoms with Crippen LogP contribution in [0.25, 0.3) is 0 Å². The van der Waals surface area contributed by atoms with Crippen LogP contribution < -0.4 is 15.4 Å². The molecule has 0 bridgehead atoms. The van der Waals surface area contributed by atoms with Gasteiger partial charge in [0, 0.05) is 52.2 Å². The van der Waals surface area contributed by atoms with Crippen molar-refractivity contribution in [2.45, 2.75) is 45.7 Å². The van der Waals surface area contributed by atoms with Crippen LogP contribution in [-0.2, 0) is 16.1 Å². The van der Waals surface area contributed by atoms with Gasteiger partial charge in [-0.1, -0.05) is 19.1 Å². The number of carbonyl (C=O) groups excluding carboxylic acids is 1. The first-order valence-corrected chi connectivity index (χ1v) is 10.2. The zero-order valence-corrected chi connectivity index (χ0v) is 17.4. The van der Waals surface area contributed by atoms with Gasteiger partial charge in [0.15, 0.2) is 5.96 Å². The fraction of sp³-hybridized carbons (Fsp3) is 0.619. The Morgan fingerprint density at radius 3 is 2.93 bits per heavy atom. The summed E-state index contributed by atoms with van der Waals surface area (Å²) in [5.74, 6) is 1.85. The van der Waals surface area contributed by atoms with Crippen LogP contribution in [0.15, 0.2) is 29.3 Å². The number of ether oxygens (including phenoxy) is 2. The van der Waals surface area contributed by atoms with Gasteiger partial charge in [0.1, 0.15) is 5.75 Å². The molecule has 2 N–H and O–H groups in total. The van der Waals surface area contributed by atoms with Gasteiger partial charge in [0.05, 0.1) is 13.2 Å². The third-order valence-electron chi connectivity index (χ3n) is 4.61. The maximum atomic E-state index is 11.9. The first-order chi connectivity index (χ1) is 13.7. The SMILES string of the molecule is CCNC(=NCc1cccc(OCCCOC)c1)NC1CCN(C(=O)CC)C1. The lowest BCUT2D eigenvalue weighted by molar-refractivity contribution is -0.129. The number of hydrogen-bond acceptors (Lipinski definition) is 4. The average Bonchev–Trinajstić information content (AvgIpc) is 3.18. The standard InChI is InChI=1S/C21H34N4O3/c1-4-20(26)25-11-10-18(16-25)24-21(22-5-2)23-15-17-8-6-9-19(14-17)28-13-7-12-27-3/h6,8-9,14,18H,4-5,7,10-13,15-16H2,1-3H3,(H2,22,23,24). The largest absolute Gasteiger partial charge is 0.493 e. The molecule has 1 atom stereocenters. The van der Waals surface area contributed by atoms with Gasteiger partial charge in [0.2, 0.25) is 5.91 Å². The Labute approximate surface area is 168 Å². The number of carbonyl (C=O) groups is 1. The fourth-order valence-electron chi connectivity index (χ4n) is 3.14. The van der Waals surface area contributed by atoms with Crippen LogP contribution in [0.5, 0.6) is 5.75 Å². The number of nitrogens with zero attached hydrogens (tertiary/aromatic N) is 2. The Morgan fingerprint density at radius 1 is 1.32 bits per heavy atom. The summed E-state index contributed by atoms with van der Waals surface area (Å²) < 4.78 is 10.8. The van der Waals surface area contributed by atoms with Crippen molar-refractivity contribution in [3.05, 3.63) is 29.8 Å². The molecule has 1 amide bonds. The number of likely N-dealkylation sites (tertiary alicyclic amines) is 1. The maximum absolute atomic E-state index is 11.9. The summed E-state index contributed by atoms with van der Waals surface area (Å²) in [5.41, 5.74) is 1.09. The van der Waals surface area contributed by atoms with Crippen LogP contribution >= 0.6 is 0 Å².